The lowest BCUT2D eigenvalue weighted by molar-refractivity contribution is -0.131. The van der Waals surface area contributed by atoms with E-state index in [-0.39, 0.29) is 11.8 Å². The van der Waals surface area contributed by atoms with Gasteiger partial charge in [0, 0.05) is 66.6 Å². The summed E-state index contributed by atoms with van der Waals surface area (Å²) >= 11 is 0. The first-order valence-electron chi connectivity index (χ1n) is 12.1. The molecule has 0 aliphatic carbocycles. The molecule has 5 aromatic rings. The molecule has 1 aliphatic rings. The summed E-state index contributed by atoms with van der Waals surface area (Å²) in [6.07, 6.45) is 5.71. The number of hydrogen-bond acceptors (Lipinski definition) is 4. The summed E-state index contributed by atoms with van der Waals surface area (Å²) < 4.78 is 0. The van der Waals surface area contributed by atoms with Crippen LogP contribution in [0.4, 0.5) is 0 Å². The van der Waals surface area contributed by atoms with Crippen LogP contribution in [0.25, 0.3) is 33.1 Å². The minimum absolute atomic E-state index is 0.0346. The third-order valence-electron chi connectivity index (χ3n) is 6.86. The van der Waals surface area contributed by atoms with Gasteiger partial charge in [0.15, 0.2) is 0 Å². The number of amides is 2. The summed E-state index contributed by atoms with van der Waals surface area (Å²) in [5.74, 6) is 0.0498. The summed E-state index contributed by atoms with van der Waals surface area (Å²) in [6, 6.07) is 21.4. The summed E-state index contributed by atoms with van der Waals surface area (Å²) in [5.41, 5.74) is 5.10. The van der Waals surface area contributed by atoms with E-state index in [0.29, 0.717) is 38.2 Å². The quantitative estimate of drug-likeness (QED) is 0.420. The van der Waals surface area contributed by atoms with Crippen LogP contribution in [0.5, 0.6) is 0 Å². The maximum atomic E-state index is 13.7. The predicted molar refractivity (Wildman–Crippen MR) is 139 cm³/mol. The number of benzene rings is 2. The van der Waals surface area contributed by atoms with Crippen LogP contribution in [0.15, 0.2) is 85.3 Å². The molecule has 0 radical (unpaired) electrons. The Morgan fingerprint density at radius 1 is 0.833 bits per heavy atom. The van der Waals surface area contributed by atoms with Crippen molar-refractivity contribution in [1.29, 1.82) is 0 Å². The van der Waals surface area contributed by atoms with Crippen molar-refractivity contribution in [2.75, 3.05) is 26.2 Å². The number of aromatic amines is 1. The van der Waals surface area contributed by atoms with Crippen molar-refractivity contribution < 1.29 is 9.59 Å². The lowest BCUT2D eigenvalue weighted by Gasteiger charge is -2.35. The standard InChI is InChI=1S/C29H25N5O2/c35-28(17-21-19-31-25-7-3-1-5-22(21)25)33-13-15-34(16-14-33)29(36)24-18-27(20-9-11-30-12-10-20)32-26-8-4-2-6-23(24)26/h1-12,18-19,31H,13-17H2. The summed E-state index contributed by atoms with van der Waals surface area (Å²) in [4.78, 5) is 42.5. The predicted octanol–water partition coefficient (Wildman–Crippen LogP) is 4.31. The highest BCUT2D eigenvalue weighted by atomic mass is 16.2. The third kappa shape index (κ3) is 4.09. The van der Waals surface area contributed by atoms with Gasteiger partial charge < -0.3 is 14.8 Å². The van der Waals surface area contributed by atoms with Gasteiger partial charge in [-0.2, -0.15) is 0 Å². The number of carbonyl (C=O) groups excluding carboxylic acids is 2. The molecule has 2 amide bonds. The summed E-state index contributed by atoms with van der Waals surface area (Å²) in [5, 5.41) is 1.91. The van der Waals surface area contributed by atoms with Gasteiger partial charge in [0.2, 0.25) is 5.91 Å². The Balaban J connectivity index is 1.19. The van der Waals surface area contributed by atoms with Gasteiger partial charge in [0.1, 0.15) is 0 Å². The van der Waals surface area contributed by atoms with E-state index < -0.39 is 0 Å². The molecule has 7 heteroatoms. The van der Waals surface area contributed by atoms with E-state index in [1.54, 1.807) is 12.4 Å². The molecule has 3 aromatic heterocycles. The number of piperazine rings is 1. The highest BCUT2D eigenvalue weighted by molar-refractivity contribution is 6.07. The molecule has 0 spiro atoms. The molecule has 1 fully saturated rings. The third-order valence-corrected chi connectivity index (χ3v) is 6.86. The Bertz CT molecular complexity index is 1570. The first-order valence-corrected chi connectivity index (χ1v) is 12.1. The second-order valence-electron chi connectivity index (χ2n) is 9.02. The first-order chi connectivity index (χ1) is 17.7. The van der Waals surface area contributed by atoms with Gasteiger partial charge in [0.05, 0.1) is 23.2 Å². The second kappa shape index (κ2) is 9.26. The zero-order valence-corrected chi connectivity index (χ0v) is 19.7. The molecular weight excluding hydrogens is 450 g/mol. The Morgan fingerprint density at radius 3 is 2.33 bits per heavy atom. The Labute approximate surface area is 208 Å². The van der Waals surface area contributed by atoms with E-state index in [1.807, 2.05) is 82.7 Å². The van der Waals surface area contributed by atoms with Crippen LogP contribution in [0.3, 0.4) is 0 Å². The number of fused-ring (bicyclic) bond motifs is 2. The molecule has 4 heterocycles. The number of nitrogens with zero attached hydrogens (tertiary/aromatic N) is 4. The van der Waals surface area contributed by atoms with Crippen molar-refractivity contribution in [3.8, 4) is 11.3 Å². The van der Waals surface area contributed by atoms with E-state index in [1.165, 1.54) is 0 Å². The minimum atomic E-state index is -0.0346. The van der Waals surface area contributed by atoms with Gasteiger partial charge in [-0.25, -0.2) is 4.98 Å². The van der Waals surface area contributed by atoms with Crippen LogP contribution in [-0.2, 0) is 11.2 Å². The molecule has 0 bridgehead atoms. The average Bonchev–Trinajstić information content (AvgIpc) is 3.35. The smallest absolute Gasteiger partial charge is 0.254 e. The van der Waals surface area contributed by atoms with Gasteiger partial charge in [-0.15, -0.1) is 0 Å². The highest BCUT2D eigenvalue weighted by Crippen LogP contribution is 2.26. The minimum Gasteiger partial charge on any atom is -0.361 e. The molecule has 0 unspecified atom stereocenters. The molecule has 1 aliphatic heterocycles. The SMILES string of the molecule is O=C(Cc1c[nH]c2ccccc12)N1CCN(C(=O)c2cc(-c3ccncc3)nc3ccccc23)CC1. The van der Waals surface area contributed by atoms with E-state index in [2.05, 4.69) is 9.97 Å². The van der Waals surface area contributed by atoms with E-state index >= 15 is 0 Å². The molecular formula is C29H25N5O2. The van der Waals surface area contributed by atoms with E-state index in [4.69, 9.17) is 4.98 Å². The van der Waals surface area contributed by atoms with Crippen molar-refractivity contribution in [2.24, 2.45) is 0 Å². The fourth-order valence-electron chi connectivity index (χ4n) is 4.90. The van der Waals surface area contributed by atoms with E-state index in [0.717, 1.165) is 38.6 Å². The average molecular weight is 476 g/mol. The Morgan fingerprint density at radius 2 is 1.53 bits per heavy atom. The molecule has 0 atom stereocenters. The van der Waals surface area contributed by atoms with Gasteiger partial charge in [0.25, 0.3) is 5.91 Å². The summed E-state index contributed by atoms with van der Waals surface area (Å²) in [6.45, 7) is 2.04. The molecule has 36 heavy (non-hydrogen) atoms. The van der Waals surface area contributed by atoms with Crippen LogP contribution >= 0.6 is 0 Å². The van der Waals surface area contributed by atoms with Crippen molar-refractivity contribution in [3.05, 3.63) is 96.4 Å². The van der Waals surface area contributed by atoms with Gasteiger partial charge in [-0.1, -0.05) is 36.4 Å². The maximum absolute atomic E-state index is 13.7. The van der Waals surface area contributed by atoms with Crippen LogP contribution in [0.2, 0.25) is 0 Å². The van der Waals surface area contributed by atoms with Crippen LogP contribution < -0.4 is 0 Å². The van der Waals surface area contributed by atoms with Crippen molar-refractivity contribution in [1.82, 2.24) is 24.8 Å². The fourth-order valence-corrected chi connectivity index (χ4v) is 4.90. The molecule has 7 nitrogen and oxygen atoms in total. The lowest BCUT2D eigenvalue weighted by atomic mass is 10.0. The fraction of sp³-hybridized carbons (Fsp3) is 0.172. The molecule has 1 saturated heterocycles. The van der Waals surface area contributed by atoms with E-state index in [9.17, 15) is 9.59 Å². The van der Waals surface area contributed by atoms with Crippen molar-refractivity contribution in [2.45, 2.75) is 6.42 Å². The first kappa shape index (κ1) is 22.0. The number of para-hydroxylation sites is 2. The zero-order valence-electron chi connectivity index (χ0n) is 19.7. The maximum Gasteiger partial charge on any atom is 0.254 e. The van der Waals surface area contributed by atoms with Gasteiger partial charge in [-0.05, 0) is 35.9 Å². The number of pyridine rings is 2. The normalized spacial score (nSPS) is 13.9. The van der Waals surface area contributed by atoms with Crippen molar-refractivity contribution >= 4 is 33.6 Å². The highest BCUT2D eigenvalue weighted by Gasteiger charge is 2.27. The zero-order chi connectivity index (χ0) is 24.5. The number of nitrogens with one attached hydrogen (secondary N) is 1. The topological polar surface area (TPSA) is 82.2 Å². The number of H-pyrrole nitrogens is 1. The molecule has 178 valence electrons. The van der Waals surface area contributed by atoms with Gasteiger partial charge in [-0.3, -0.25) is 14.6 Å². The molecule has 0 saturated carbocycles. The molecule has 6 rings (SSSR count). The number of rotatable bonds is 4. The van der Waals surface area contributed by atoms with Crippen molar-refractivity contribution in [3.63, 3.8) is 0 Å². The van der Waals surface area contributed by atoms with Crippen LogP contribution in [-0.4, -0.2) is 62.7 Å². The molecule has 2 aromatic carbocycles. The Kier molecular flexibility index (Phi) is 5.65. The number of carbonyl (C=O) groups is 2. The Hall–Kier alpha value is -4.52. The monoisotopic (exact) mass is 475 g/mol. The number of hydrogen-bond donors (Lipinski definition) is 1. The second-order valence-corrected chi connectivity index (χ2v) is 9.02. The largest absolute Gasteiger partial charge is 0.361 e. The van der Waals surface area contributed by atoms with Crippen LogP contribution in [0.1, 0.15) is 15.9 Å². The van der Waals surface area contributed by atoms with Crippen LogP contribution in [0, 0.1) is 0 Å². The lowest BCUT2D eigenvalue weighted by Crippen LogP contribution is -2.51. The molecule has 1 N–H and O–H groups in total. The summed E-state index contributed by atoms with van der Waals surface area (Å²) in [7, 11) is 0. The van der Waals surface area contributed by atoms with Gasteiger partial charge >= 0.3 is 0 Å². The number of aromatic nitrogens is 3.